The molecule has 0 fully saturated rings. The van der Waals surface area contributed by atoms with Crippen LogP contribution in [0.15, 0.2) is 24.3 Å². The molecule has 0 spiro atoms. The molecule has 1 rings (SSSR count). The molecule has 1 unspecified atom stereocenters. The maximum Gasteiger partial charge on any atom is 0.0540 e. The second-order valence-electron chi connectivity index (χ2n) is 4.91. The first-order valence-corrected chi connectivity index (χ1v) is 6.56. The van der Waals surface area contributed by atoms with Gasteiger partial charge >= 0.3 is 0 Å². The van der Waals surface area contributed by atoms with E-state index in [9.17, 15) is 5.11 Å². The van der Waals surface area contributed by atoms with Crippen molar-refractivity contribution in [2.24, 2.45) is 5.73 Å². The van der Waals surface area contributed by atoms with Crippen LogP contribution in [0.25, 0.3) is 0 Å². The van der Waals surface area contributed by atoms with Gasteiger partial charge < -0.3 is 15.6 Å². The molecule has 0 saturated carbocycles. The number of ether oxygens (including phenoxy) is 1. The van der Waals surface area contributed by atoms with E-state index >= 15 is 0 Å². The highest BCUT2D eigenvalue weighted by molar-refractivity contribution is 5.34. The van der Waals surface area contributed by atoms with Gasteiger partial charge in [-0.1, -0.05) is 30.7 Å². The van der Waals surface area contributed by atoms with E-state index in [1.165, 1.54) is 11.1 Å². The first-order chi connectivity index (χ1) is 8.70. The minimum atomic E-state index is -0.306. The third-order valence-electron chi connectivity index (χ3n) is 3.66. The molecule has 0 aromatic heterocycles. The quantitative estimate of drug-likeness (QED) is 0.695. The fourth-order valence-corrected chi connectivity index (χ4v) is 2.45. The standard InChI is InChI=1S/C15H25NO2/c1-13-7-3-4-8-14(13)15(11-16,12-17)9-5-6-10-18-2/h3-4,7-8,17H,5-6,9-12,16H2,1-2H3. The summed E-state index contributed by atoms with van der Waals surface area (Å²) in [5, 5.41) is 9.80. The molecule has 1 atom stereocenters. The van der Waals surface area contributed by atoms with Crippen LogP contribution in [0.3, 0.4) is 0 Å². The summed E-state index contributed by atoms with van der Waals surface area (Å²) in [5.41, 5.74) is 8.01. The summed E-state index contributed by atoms with van der Waals surface area (Å²) < 4.78 is 5.06. The lowest BCUT2D eigenvalue weighted by Crippen LogP contribution is -2.39. The van der Waals surface area contributed by atoms with E-state index in [1.807, 2.05) is 12.1 Å². The van der Waals surface area contributed by atoms with E-state index in [0.717, 1.165) is 25.9 Å². The van der Waals surface area contributed by atoms with Crippen LogP contribution in [-0.2, 0) is 10.2 Å². The lowest BCUT2D eigenvalue weighted by molar-refractivity contribution is 0.167. The van der Waals surface area contributed by atoms with Gasteiger partial charge in [0.05, 0.1) is 6.61 Å². The van der Waals surface area contributed by atoms with Gasteiger partial charge in [-0.25, -0.2) is 0 Å². The number of rotatable bonds is 8. The van der Waals surface area contributed by atoms with Crippen LogP contribution in [0.2, 0.25) is 0 Å². The van der Waals surface area contributed by atoms with Gasteiger partial charge in [-0.2, -0.15) is 0 Å². The molecule has 3 N–H and O–H groups in total. The first kappa shape index (κ1) is 15.2. The topological polar surface area (TPSA) is 55.5 Å². The smallest absolute Gasteiger partial charge is 0.0540 e. The highest BCUT2D eigenvalue weighted by atomic mass is 16.5. The normalized spacial score (nSPS) is 14.4. The summed E-state index contributed by atoms with van der Waals surface area (Å²) in [5.74, 6) is 0. The Labute approximate surface area is 110 Å². The van der Waals surface area contributed by atoms with E-state index in [0.29, 0.717) is 6.54 Å². The van der Waals surface area contributed by atoms with Crippen molar-refractivity contribution in [3.05, 3.63) is 35.4 Å². The Morgan fingerprint density at radius 1 is 1.28 bits per heavy atom. The van der Waals surface area contributed by atoms with Crippen molar-refractivity contribution in [2.45, 2.75) is 31.6 Å². The molecule has 0 radical (unpaired) electrons. The van der Waals surface area contributed by atoms with E-state index in [1.54, 1.807) is 7.11 Å². The molecule has 0 saturated heterocycles. The van der Waals surface area contributed by atoms with Gasteiger partial charge in [-0.3, -0.25) is 0 Å². The Kier molecular flexibility index (Phi) is 6.33. The molecular formula is C15H25NO2. The Balaban J connectivity index is 2.83. The minimum absolute atomic E-state index is 0.0985. The summed E-state index contributed by atoms with van der Waals surface area (Å²) in [4.78, 5) is 0. The summed E-state index contributed by atoms with van der Waals surface area (Å²) in [6, 6.07) is 8.18. The average molecular weight is 251 g/mol. The predicted molar refractivity (Wildman–Crippen MR) is 74.7 cm³/mol. The Hall–Kier alpha value is -0.900. The predicted octanol–water partition coefficient (Wildman–Crippen LogP) is 2.00. The van der Waals surface area contributed by atoms with E-state index < -0.39 is 0 Å². The molecule has 0 aliphatic heterocycles. The van der Waals surface area contributed by atoms with Crippen molar-refractivity contribution in [1.82, 2.24) is 0 Å². The van der Waals surface area contributed by atoms with Crippen LogP contribution in [0.4, 0.5) is 0 Å². The van der Waals surface area contributed by atoms with Crippen LogP contribution >= 0.6 is 0 Å². The second-order valence-corrected chi connectivity index (χ2v) is 4.91. The Bertz CT molecular complexity index is 348. The fraction of sp³-hybridized carbons (Fsp3) is 0.600. The molecule has 3 nitrogen and oxygen atoms in total. The lowest BCUT2D eigenvalue weighted by Gasteiger charge is -2.32. The maximum atomic E-state index is 9.80. The maximum absolute atomic E-state index is 9.80. The average Bonchev–Trinajstić information content (AvgIpc) is 2.41. The third-order valence-corrected chi connectivity index (χ3v) is 3.66. The number of aliphatic hydroxyl groups excluding tert-OH is 1. The lowest BCUT2D eigenvalue weighted by atomic mass is 9.75. The molecule has 0 amide bonds. The van der Waals surface area contributed by atoms with Crippen molar-refractivity contribution >= 4 is 0 Å². The van der Waals surface area contributed by atoms with Gasteiger partial charge in [0, 0.05) is 25.7 Å². The number of aryl methyl sites for hydroxylation is 1. The molecule has 1 aromatic rings. The van der Waals surface area contributed by atoms with Gasteiger partial charge in [0.1, 0.15) is 0 Å². The Morgan fingerprint density at radius 2 is 2.00 bits per heavy atom. The van der Waals surface area contributed by atoms with Crippen molar-refractivity contribution in [3.8, 4) is 0 Å². The van der Waals surface area contributed by atoms with Crippen LogP contribution < -0.4 is 5.73 Å². The zero-order valence-corrected chi connectivity index (χ0v) is 11.5. The molecule has 18 heavy (non-hydrogen) atoms. The van der Waals surface area contributed by atoms with Crippen molar-refractivity contribution in [3.63, 3.8) is 0 Å². The zero-order chi connectivity index (χ0) is 13.4. The van der Waals surface area contributed by atoms with Gasteiger partial charge in [-0.05, 0) is 30.9 Å². The minimum Gasteiger partial charge on any atom is -0.395 e. The SMILES string of the molecule is COCCCCC(CN)(CO)c1ccccc1C. The number of hydrogen-bond acceptors (Lipinski definition) is 3. The number of nitrogens with two attached hydrogens (primary N) is 1. The summed E-state index contributed by atoms with van der Waals surface area (Å²) in [7, 11) is 1.71. The summed E-state index contributed by atoms with van der Waals surface area (Å²) >= 11 is 0. The molecule has 0 heterocycles. The summed E-state index contributed by atoms with van der Waals surface area (Å²) in [6.45, 7) is 3.41. The number of aliphatic hydroxyl groups is 1. The van der Waals surface area contributed by atoms with Gasteiger partial charge in [0.2, 0.25) is 0 Å². The largest absolute Gasteiger partial charge is 0.395 e. The van der Waals surface area contributed by atoms with Gasteiger partial charge in [-0.15, -0.1) is 0 Å². The fourth-order valence-electron chi connectivity index (χ4n) is 2.45. The molecule has 0 aliphatic carbocycles. The van der Waals surface area contributed by atoms with Crippen LogP contribution in [0.5, 0.6) is 0 Å². The highest BCUT2D eigenvalue weighted by Crippen LogP contribution is 2.31. The van der Waals surface area contributed by atoms with Crippen molar-refractivity contribution in [2.75, 3.05) is 26.9 Å². The number of benzene rings is 1. The summed E-state index contributed by atoms with van der Waals surface area (Å²) in [6.07, 6.45) is 2.91. The Morgan fingerprint density at radius 3 is 2.56 bits per heavy atom. The highest BCUT2D eigenvalue weighted by Gasteiger charge is 2.30. The van der Waals surface area contributed by atoms with E-state index in [2.05, 4.69) is 19.1 Å². The molecule has 102 valence electrons. The monoisotopic (exact) mass is 251 g/mol. The van der Waals surface area contributed by atoms with Crippen molar-refractivity contribution < 1.29 is 9.84 Å². The number of hydrogen-bond donors (Lipinski definition) is 2. The van der Waals surface area contributed by atoms with Crippen molar-refractivity contribution in [1.29, 1.82) is 0 Å². The molecule has 3 heteroatoms. The van der Waals surface area contributed by atoms with Crippen LogP contribution in [0.1, 0.15) is 30.4 Å². The van der Waals surface area contributed by atoms with Crippen LogP contribution in [0, 0.1) is 6.92 Å². The van der Waals surface area contributed by atoms with Gasteiger partial charge in [0.25, 0.3) is 0 Å². The molecule has 0 bridgehead atoms. The number of unbranched alkanes of at least 4 members (excludes halogenated alkanes) is 1. The molecular weight excluding hydrogens is 226 g/mol. The van der Waals surface area contributed by atoms with Crippen LogP contribution in [-0.4, -0.2) is 32.0 Å². The second kappa shape index (κ2) is 7.52. The van der Waals surface area contributed by atoms with Gasteiger partial charge in [0.15, 0.2) is 0 Å². The molecule has 0 aliphatic rings. The molecule has 1 aromatic carbocycles. The number of methoxy groups -OCH3 is 1. The zero-order valence-electron chi connectivity index (χ0n) is 11.5. The van der Waals surface area contributed by atoms with E-state index in [4.69, 9.17) is 10.5 Å². The first-order valence-electron chi connectivity index (χ1n) is 6.56. The van der Waals surface area contributed by atoms with E-state index in [-0.39, 0.29) is 12.0 Å². The third kappa shape index (κ3) is 3.55.